The summed E-state index contributed by atoms with van der Waals surface area (Å²) in [6.45, 7) is 0. The maximum Gasteiger partial charge on any atom is 0.242 e. The van der Waals surface area contributed by atoms with E-state index in [1.165, 1.54) is 0 Å². The van der Waals surface area contributed by atoms with Gasteiger partial charge in [0.2, 0.25) is 11.8 Å². The van der Waals surface area contributed by atoms with Crippen molar-refractivity contribution in [2.75, 3.05) is 23.9 Å². The molecule has 0 atom stereocenters. The van der Waals surface area contributed by atoms with Gasteiger partial charge < -0.3 is 9.80 Å². The Kier molecular flexibility index (Phi) is 2.24. The molecule has 94 valence electrons. The van der Waals surface area contributed by atoms with Gasteiger partial charge in [-0.25, -0.2) is 0 Å². The fourth-order valence-electron chi connectivity index (χ4n) is 2.94. The summed E-state index contributed by atoms with van der Waals surface area (Å²) in [5.41, 5.74) is 0.812. The van der Waals surface area contributed by atoms with Crippen LogP contribution in [0.3, 0.4) is 0 Å². The summed E-state index contributed by atoms with van der Waals surface area (Å²) in [5.74, 6) is -0.119. The Bertz CT molecular complexity index is 491. The molecular formula is C14H16N2O2. The number of amides is 2. The Morgan fingerprint density at radius 1 is 0.944 bits per heavy atom. The van der Waals surface area contributed by atoms with Crippen LogP contribution in [0.25, 0.3) is 0 Å². The maximum absolute atomic E-state index is 12.5. The van der Waals surface area contributed by atoms with Gasteiger partial charge in [0, 0.05) is 14.1 Å². The molecule has 0 saturated heterocycles. The average Bonchev–Trinajstić information content (AvgIpc) is 2.40. The summed E-state index contributed by atoms with van der Waals surface area (Å²) in [6.07, 6.45) is 2.30. The van der Waals surface area contributed by atoms with Crippen molar-refractivity contribution in [1.82, 2.24) is 0 Å². The molecule has 0 bridgehead atoms. The normalized spacial score (nSPS) is 21.7. The quantitative estimate of drug-likeness (QED) is 0.653. The minimum absolute atomic E-state index is 0.0597. The van der Waals surface area contributed by atoms with E-state index in [0.29, 0.717) is 12.8 Å². The van der Waals surface area contributed by atoms with E-state index in [1.54, 1.807) is 23.9 Å². The molecule has 1 heterocycles. The van der Waals surface area contributed by atoms with Gasteiger partial charge in [-0.2, -0.15) is 0 Å². The highest BCUT2D eigenvalue weighted by Crippen LogP contribution is 2.48. The summed E-state index contributed by atoms with van der Waals surface area (Å²) >= 11 is 0. The molecule has 0 aromatic heterocycles. The first-order valence-electron chi connectivity index (χ1n) is 6.23. The fraction of sp³-hybridized carbons (Fsp3) is 0.429. The van der Waals surface area contributed by atoms with E-state index < -0.39 is 5.41 Å². The van der Waals surface area contributed by atoms with Crippen LogP contribution in [0.2, 0.25) is 0 Å². The van der Waals surface area contributed by atoms with Crippen molar-refractivity contribution in [3.05, 3.63) is 24.3 Å². The molecule has 1 spiro atoms. The molecule has 4 heteroatoms. The van der Waals surface area contributed by atoms with Crippen LogP contribution in [-0.2, 0) is 9.59 Å². The van der Waals surface area contributed by atoms with Crippen molar-refractivity contribution in [2.24, 2.45) is 5.41 Å². The van der Waals surface area contributed by atoms with Gasteiger partial charge in [-0.05, 0) is 25.0 Å². The molecule has 1 saturated carbocycles. The molecule has 1 aromatic rings. The zero-order valence-electron chi connectivity index (χ0n) is 10.6. The highest BCUT2D eigenvalue weighted by molar-refractivity contribution is 6.20. The van der Waals surface area contributed by atoms with Crippen LogP contribution in [0.5, 0.6) is 0 Å². The molecular weight excluding hydrogens is 228 g/mol. The molecule has 1 fully saturated rings. The van der Waals surface area contributed by atoms with Crippen LogP contribution >= 0.6 is 0 Å². The number of carbonyl (C=O) groups is 2. The standard InChI is InChI=1S/C14H16N2O2/c1-15-10-6-3-4-7-11(10)16(2)13(18)14(12(15)17)8-5-9-14/h3-4,6-7H,5,8-9H2,1-2H3. The number of para-hydroxylation sites is 2. The Hall–Kier alpha value is -1.84. The highest BCUT2D eigenvalue weighted by atomic mass is 16.2. The van der Waals surface area contributed by atoms with Gasteiger partial charge in [-0.15, -0.1) is 0 Å². The van der Waals surface area contributed by atoms with Crippen LogP contribution in [-0.4, -0.2) is 25.9 Å². The molecule has 3 rings (SSSR count). The van der Waals surface area contributed by atoms with Crippen LogP contribution in [0.4, 0.5) is 11.4 Å². The largest absolute Gasteiger partial charge is 0.313 e. The Balaban J connectivity index is 2.19. The third kappa shape index (κ3) is 1.20. The summed E-state index contributed by atoms with van der Waals surface area (Å²) < 4.78 is 0. The van der Waals surface area contributed by atoms with E-state index in [2.05, 4.69) is 0 Å². The third-order valence-corrected chi connectivity index (χ3v) is 4.24. The Labute approximate surface area is 106 Å². The number of carbonyl (C=O) groups excluding carboxylic acids is 2. The van der Waals surface area contributed by atoms with E-state index >= 15 is 0 Å². The molecule has 1 aromatic carbocycles. The van der Waals surface area contributed by atoms with Gasteiger partial charge in [0.05, 0.1) is 11.4 Å². The SMILES string of the molecule is CN1C(=O)C2(CCC2)C(=O)N(C)c2ccccc21. The Morgan fingerprint density at radius 2 is 1.39 bits per heavy atom. The van der Waals surface area contributed by atoms with Crippen LogP contribution < -0.4 is 9.80 Å². The average molecular weight is 244 g/mol. The monoisotopic (exact) mass is 244 g/mol. The van der Waals surface area contributed by atoms with E-state index in [1.807, 2.05) is 24.3 Å². The minimum Gasteiger partial charge on any atom is -0.313 e. The van der Waals surface area contributed by atoms with Gasteiger partial charge in [-0.3, -0.25) is 9.59 Å². The molecule has 18 heavy (non-hydrogen) atoms. The van der Waals surface area contributed by atoms with Crippen molar-refractivity contribution in [1.29, 1.82) is 0 Å². The van der Waals surface area contributed by atoms with E-state index in [9.17, 15) is 9.59 Å². The number of nitrogens with zero attached hydrogens (tertiary/aromatic N) is 2. The van der Waals surface area contributed by atoms with E-state index in [4.69, 9.17) is 0 Å². The van der Waals surface area contributed by atoms with Crippen molar-refractivity contribution >= 4 is 23.2 Å². The number of hydrogen-bond acceptors (Lipinski definition) is 2. The zero-order chi connectivity index (χ0) is 12.9. The van der Waals surface area contributed by atoms with Gasteiger partial charge in [0.25, 0.3) is 0 Å². The molecule has 1 aliphatic carbocycles. The molecule has 0 N–H and O–H groups in total. The number of benzene rings is 1. The summed E-state index contributed by atoms with van der Waals surface area (Å²) in [5, 5.41) is 0. The molecule has 0 unspecified atom stereocenters. The molecule has 0 radical (unpaired) electrons. The smallest absolute Gasteiger partial charge is 0.242 e. The second kappa shape index (κ2) is 3.57. The first-order chi connectivity index (χ1) is 8.58. The number of hydrogen-bond donors (Lipinski definition) is 0. The second-order valence-electron chi connectivity index (χ2n) is 5.15. The van der Waals surface area contributed by atoms with Gasteiger partial charge in [0.1, 0.15) is 5.41 Å². The summed E-state index contributed by atoms with van der Waals surface area (Å²) in [7, 11) is 3.52. The number of rotatable bonds is 0. The Morgan fingerprint density at radius 3 is 1.72 bits per heavy atom. The molecule has 2 aliphatic rings. The van der Waals surface area contributed by atoms with Crippen molar-refractivity contribution in [3.8, 4) is 0 Å². The van der Waals surface area contributed by atoms with Crippen LogP contribution in [0, 0.1) is 5.41 Å². The van der Waals surface area contributed by atoms with E-state index in [-0.39, 0.29) is 11.8 Å². The van der Waals surface area contributed by atoms with Crippen molar-refractivity contribution in [3.63, 3.8) is 0 Å². The van der Waals surface area contributed by atoms with Gasteiger partial charge in [0.15, 0.2) is 0 Å². The fourth-order valence-corrected chi connectivity index (χ4v) is 2.94. The minimum atomic E-state index is -0.803. The lowest BCUT2D eigenvalue weighted by Crippen LogP contribution is -2.54. The maximum atomic E-state index is 12.5. The number of anilines is 2. The summed E-state index contributed by atoms with van der Waals surface area (Å²) in [4.78, 5) is 28.4. The molecule has 4 nitrogen and oxygen atoms in total. The van der Waals surface area contributed by atoms with Gasteiger partial charge >= 0.3 is 0 Å². The predicted octanol–water partition coefficient (Wildman–Crippen LogP) is 1.80. The van der Waals surface area contributed by atoms with Crippen molar-refractivity contribution < 1.29 is 9.59 Å². The van der Waals surface area contributed by atoms with Crippen molar-refractivity contribution in [2.45, 2.75) is 19.3 Å². The van der Waals surface area contributed by atoms with Gasteiger partial charge in [-0.1, -0.05) is 18.6 Å². The van der Waals surface area contributed by atoms with Crippen LogP contribution in [0.15, 0.2) is 24.3 Å². The molecule has 1 aliphatic heterocycles. The van der Waals surface area contributed by atoms with E-state index in [0.717, 1.165) is 17.8 Å². The lowest BCUT2D eigenvalue weighted by atomic mass is 9.67. The first kappa shape index (κ1) is 11.3. The number of fused-ring (bicyclic) bond motifs is 1. The third-order valence-electron chi connectivity index (χ3n) is 4.24. The lowest BCUT2D eigenvalue weighted by Gasteiger charge is -2.40. The lowest BCUT2D eigenvalue weighted by molar-refractivity contribution is -0.145. The highest BCUT2D eigenvalue weighted by Gasteiger charge is 2.55. The topological polar surface area (TPSA) is 40.6 Å². The van der Waals surface area contributed by atoms with Crippen LogP contribution in [0.1, 0.15) is 19.3 Å². The second-order valence-corrected chi connectivity index (χ2v) is 5.15. The zero-order valence-corrected chi connectivity index (χ0v) is 10.6. The first-order valence-corrected chi connectivity index (χ1v) is 6.23. The summed E-state index contributed by atoms with van der Waals surface area (Å²) in [6, 6.07) is 7.54. The predicted molar refractivity (Wildman–Crippen MR) is 69.5 cm³/mol. The molecule has 2 amide bonds.